The number of hydrogen-bond donors (Lipinski definition) is 5. The minimum atomic E-state index is -1.00. The highest BCUT2D eigenvalue weighted by atomic mass is 16.4. The fraction of sp³-hybridized carbons (Fsp3) is 0. The Hall–Kier alpha value is -7.44. The van der Waals surface area contributed by atoms with Crippen molar-refractivity contribution in [1.29, 1.82) is 0 Å². The van der Waals surface area contributed by atoms with E-state index in [0.717, 1.165) is 71.5 Å². The van der Waals surface area contributed by atoms with Gasteiger partial charge in [-0.2, -0.15) is 0 Å². The van der Waals surface area contributed by atoms with Crippen LogP contribution in [0.15, 0.2) is 156 Å². The highest BCUT2D eigenvalue weighted by Crippen LogP contribution is 2.58. The lowest BCUT2D eigenvalue weighted by molar-refractivity contribution is 0.330. The molecule has 10 aromatic rings. The van der Waals surface area contributed by atoms with Crippen molar-refractivity contribution in [2.75, 3.05) is 0 Å². The zero-order valence-electron chi connectivity index (χ0n) is 28.6. The summed E-state index contributed by atoms with van der Waals surface area (Å²) in [6, 6.07) is 50.9. The van der Waals surface area contributed by atoms with Gasteiger partial charge in [-0.1, -0.05) is 127 Å². The van der Waals surface area contributed by atoms with Crippen LogP contribution >= 0.6 is 0 Å². The van der Waals surface area contributed by atoms with E-state index < -0.39 is 28.7 Å². The van der Waals surface area contributed by atoms with Gasteiger partial charge in [0.1, 0.15) is 11.2 Å². The van der Waals surface area contributed by atoms with Gasteiger partial charge in [0.25, 0.3) is 0 Å². The van der Waals surface area contributed by atoms with Crippen molar-refractivity contribution in [3.8, 4) is 73.3 Å². The molecule has 0 bridgehead atoms. The van der Waals surface area contributed by atoms with E-state index in [4.69, 9.17) is 4.42 Å². The molecule has 0 fully saturated rings. The summed E-state index contributed by atoms with van der Waals surface area (Å²) in [5.74, 6) is -4.35. The number of furan rings is 1. The van der Waals surface area contributed by atoms with Crippen molar-refractivity contribution in [1.82, 2.24) is 0 Å². The third-order valence-electron chi connectivity index (χ3n) is 10.6. The lowest BCUT2D eigenvalue weighted by Gasteiger charge is -2.20. The molecule has 0 unspecified atom stereocenters. The van der Waals surface area contributed by atoms with Crippen LogP contribution in [0, 0.1) is 0 Å². The summed E-state index contributed by atoms with van der Waals surface area (Å²) in [7, 11) is 0. The molecule has 0 radical (unpaired) electrons. The van der Waals surface area contributed by atoms with Crippen molar-refractivity contribution in [2.24, 2.45) is 0 Å². The third kappa shape index (κ3) is 4.53. The smallest absolute Gasteiger partial charge is 0.208 e. The van der Waals surface area contributed by atoms with Crippen LogP contribution in [0.5, 0.6) is 28.7 Å². The Balaban J connectivity index is 1.32. The second-order valence-corrected chi connectivity index (χ2v) is 13.6. The molecule has 1 heterocycles. The summed E-state index contributed by atoms with van der Waals surface area (Å²) in [4.78, 5) is 0. The Labute approximate surface area is 308 Å². The maximum atomic E-state index is 11.2. The Bertz CT molecular complexity index is 3070. The fourth-order valence-corrected chi connectivity index (χ4v) is 8.14. The normalized spacial score (nSPS) is 11.7. The lowest BCUT2D eigenvalue weighted by atomic mass is 9.84. The Morgan fingerprint density at radius 3 is 1.54 bits per heavy atom. The molecule has 9 aromatic carbocycles. The van der Waals surface area contributed by atoms with Gasteiger partial charge in [0.2, 0.25) is 17.2 Å². The molecule has 0 aliphatic rings. The van der Waals surface area contributed by atoms with E-state index >= 15 is 0 Å². The quantitative estimate of drug-likeness (QED) is 0.0708. The number of fused-ring (bicyclic) bond motifs is 6. The van der Waals surface area contributed by atoms with Gasteiger partial charge in [-0.15, -0.1) is 0 Å². The summed E-state index contributed by atoms with van der Waals surface area (Å²) in [6.07, 6.45) is 0. The Morgan fingerprint density at radius 2 is 0.870 bits per heavy atom. The molecule has 0 atom stereocenters. The van der Waals surface area contributed by atoms with Gasteiger partial charge in [0.05, 0.1) is 5.56 Å². The van der Waals surface area contributed by atoms with Gasteiger partial charge in [-0.3, -0.25) is 0 Å². The van der Waals surface area contributed by atoms with Gasteiger partial charge < -0.3 is 29.9 Å². The minimum absolute atomic E-state index is 0.192. The highest BCUT2D eigenvalue weighted by molar-refractivity contribution is 6.26. The zero-order chi connectivity index (χ0) is 36.7. The van der Waals surface area contributed by atoms with Crippen LogP contribution in [-0.4, -0.2) is 25.5 Å². The number of phenolic OH excluding ortho intramolecular Hbond substituents is 5. The molecule has 0 amide bonds. The maximum Gasteiger partial charge on any atom is 0.208 e. The average Bonchev–Trinajstić information content (AvgIpc) is 3.60. The van der Waals surface area contributed by atoms with E-state index in [2.05, 4.69) is 66.7 Å². The van der Waals surface area contributed by atoms with Crippen molar-refractivity contribution in [3.63, 3.8) is 0 Å². The molecular formula is C48H30O6. The molecule has 54 heavy (non-hydrogen) atoms. The minimum Gasteiger partial charge on any atom is -0.504 e. The van der Waals surface area contributed by atoms with Crippen molar-refractivity contribution < 1.29 is 29.9 Å². The van der Waals surface area contributed by atoms with Gasteiger partial charge in [-0.05, 0) is 90.0 Å². The van der Waals surface area contributed by atoms with Crippen LogP contribution in [0.2, 0.25) is 0 Å². The molecule has 0 spiro atoms. The second kappa shape index (κ2) is 11.8. The first-order valence-electron chi connectivity index (χ1n) is 17.6. The van der Waals surface area contributed by atoms with Gasteiger partial charge in [-0.25, -0.2) is 0 Å². The monoisotopic (exact) mass is 702 g/mol. The number of rotatable bonds is 4. The van der Waals surface area contributed by atoms with Crippen molar-refractivity contribution in [2.45, 2.75) is 0 Å². The molecule has 258 valence electrons. The lowest BCUT2D eigenvalue weighted by Crippen LogP contribution is -1.93. The van der Waals surface area contributed by atoms with E-state index in [1.54, 1.807) is 0 Å². The predicted molar refractivity (Wildman–Crippen MR) is 216 cm³/mol. The molecule has 0 saturated carbocycles. The van der Waals surface area contributed by atoms with Crippen LogP contribution in [0.4, 0.5) is 0 Å². The number of aromatic hydroxyl groups is 5. The molecule has 10 rings (SSSR count). The standard InChI is InChI=1S/C48H30O6/c49-44-43(45(50)47(52)48(53)46(44)51)42-32-17-8-6-15-30(32)40(31-16-7-9-18-33(31)42)34-19-10-20-38-41(34)37-24-35(29-22-21-26-11-4-5-14-28(26)23-29)36(25-39(37)54-38)27-12-2-1-3-13-27/h1-25,49-53H. The summed E-state index contributed by atoms with van der Waals surface area (Å²) in [5.41, 5.74) is 7.78. The molecule has 0 aliphatic heterocycles. The molecule has 0 aliphatic carbocycles. The summed E-state index contributed by atoms with van der Waals surface area (Å²) in [5, 5.41) is 60.8. The van der Waals surface area contributed by atoms with E-state index in [1.807, 2.05) is 84.9 Å². The first-order valence-corrected chi connectivity index (χ1v) is 17.6. The van der Waals surface area contributed by atoms with Crippen LogP contribution in [-0.2, 0) is 0 Å². The zero-order valence-corrected chi connectivity index (χ0v) is 28.6. The average molecular weight is 703 g/mol. The molecule has 0 saturated heterocycles. The van der Waals surface area contributed by atoms with E-state index in [1.165, 1.54) is 5.39 Å². The van der Waals surface area contributed by atoms with E-state index in [0.29, 0.717) is 16.3 Å². The SMILES string of the molecule is Oc1c(O)c(O)c(-c2c3ccccc3c(-c3cccc4oc5cc(-c6ccccc6)c(-c6ccc7ccccc7c6)cc5c34)c3ccccc23)c(O)c1O. The van der Waals surface area contributed by atoms with Gasteiger partial charge >= 0.3 is 0 Å². The number of benzene rings is 9. The highest BCUT2D eigenvalue weighted by Gasteiger charge is 2.28. The molecule has 5 N–H and O–H groups in total. The predicted octanol–water partition coefficient (Wildman–Crippen LogP) is 12.2. The summed E-state index contributed by atoms with van der Waals surface area (Å²) in [6.45, 7) is 0. The Kier molecular flexibility index (Phi) is 6.84. The summed E-state index contributed by atoms with van der Waals surface area (Å²) < 4.78 is 6.68. The first kappa shape index (κ1) is 31.3. The number of hydrogen-bond acceptors (Lipinski definition) is 6. The third-order valence-corrected chi connectivity index (χ3v) is 10.6. The van der Waals surface area contributed by atoms with Crippen LogP contribution < -0.4 is 0 Å². The largest absolute Gasteiger partial charge is 0.504 e. The molecule has 6 heteroatoms. The fourth-order valence-electron chi connectivity index (χ4n) is 8.14. The van der Waals surface area contributed by atoms with Crippen LogP contribution in [0.3, 0.4) is 0 Å². The molecule has 6 nitrogen and oxygen atoms in total. The molecular weight excluding hydrogens is 673 g/mol. The molecule has 1 aromatic heterocycles. The Morgan fingerprint density at radius 1 is 0.315 bits per heavy atom. The first-order chi connectivity index (χ1) is 26.4. The van der Waals surface area contributed by atoms with Crippen LogP contribution in [0.25, 0.3) is 98.8 Å². The van der Waals surface area contributed by atoms with Gasteiger partial charge in [0, 0.05) is 16.3 Å². The van der Waals surface area contributed by atoms with Crippen molar-refractivity contribution in [3.05, 3.63) is 152 Å². The van der Waals surface area contributed by atoms with Crippen LogP contribution in [0.1, 0.15) is 0 Å². The summed E-state index contributed by atoms with van der Waals surface area (Å²) >= 11 is 0. The maximum absolute atomic E-state index is 11.2. The van der Waals surface area contributed by atoms with Gasteiger partial charge in [0.15, 0.2) is 11.5 Å². The second-order valence-electron chi connectivity index (χ2n) is 13.6. The topological polar surface area (TPSA) is 114 Å². The number of phenols is 5. The van der Waals surface area contributed by atoms with E-state index in [9.17, 15) is 25.5 Å². The van der Waals surface area contributed by atoms with Crippen molar-refractivity contribution >= 4 is 54.3 Å². The van der Waals surface area contributed by atoms with E-state index in [-0.39, 0.29) is 5.56 Å².